The molecule has 0 saturated heterocycles. The van der Waals surface area contributed by atoms with E-state index in [2.05, 4.69) is 5.32 Å². The van der Waals surface area contributed by atoms with E-state index in [4.69, 9.17) is 10.5 Å². The number of benzene rings is 1. The second-order valence-corrected chi connectivity index (χ2v) is 5.42. The van der Waals surface area contributed by atoms with Crippen LogP contribution in [-0.2, 0) is 11.4 Å². The zero-order valence-corrected chi connectivity index (χ0v) is 12.0. The summed E-state index contributed by atoms with van der Waals surface area (Å²) in [6, 6.07) is 5.21. The van der Waals surface area contributed by atoms with Crippen molar-refractivity contribution in [2.75, 3.05) is 11.9 Å². The van der Waals surface area contributed by atoms with E-state index in [0.717, 1.165) is 12.8 Å². The van der Waals surface area contributed by atoms with Crippen molar-refractivity contribution >= 4 is 11.6 Å². The zero-order valence-electron chi connectivity index (χ0n) is 12.0. The zero-order chi connectivity index (χ0) is 14.8. The summed E-state index contributed by atoms with van der Waals surface area (Å²) in [5.74, 6) is 0.710. The molecule has 0 aromatic heterocycles. The van der Waals surface area contributed by atoms with Gasteiger partial charge in [-0.25, -0.2) is 0 Å². The second kappa shape index (κ2) is 5.81. The number of carbonyl (C=O) groups excluding carboxylic acids is 1. The number of anilines is 1. The van der Waals surface area contributed by atoms with Gasteiger partial charge in [0.05, 0.1) is 18.8 Å². The third kappa shape index (κ3) is 3.11. The van der Waals surface area contributed by atoms with Crippen molar-refractivity contribution in [3.8, 4) is 5.75 Å². The number of amides is 1. The number of aliphatic hydroxyl groups excluding tert-OH is 1. The third-order valence-corrected chi connectivity index (χ3v) is 3.70. The molecular weight excluding hydrogens is 256 g/mol. The summed E-state index contributed by atoms with van der Waals surface area (Å²) in [5.41, 5.74) is 6.51. The fourth-order valence-corrected chi connectivity index (χ4v) is 2.21. The van der Waals surface area contributed by atoms with Gasteiger partial charge in [-0.15, -0.1) is 0 Å². The van der Waals surface area contributed by atoms with Crippen molar-refractivity contribution in [1.29, 1.82) is 0 Å². The molecule has 1 aromatic rings. The molecule has 20 heavy (non-hydrogen) atoms. The van der Waals surface area contributed by atoms with Gasteiger partial charge in [0.25, 0.3) is 0 Å². The highest BCUT2D eigenvalue weighted by Gasteiger charge is 2.44. The lowest BCUT2D eigenvalue weighted by Gasteiger charge is -2.23. The van der Waals surface area contributed by atoms with E-state index in [1.54, 1.807) is 25.1 Å². The molecule has 1 unspecified atom stereocenters. The topological polar surface area (TPSA) is 84.6 Å². The summed E-state index contributed by atoms with van der Waals surface area (Å²) >= 11 is 0. The molecule has 2 rings (SSSR count). The van der Waals surface area contributed by atoms with Crippen LogP contribution < -0.4 is 15.8 Å². The number of carbonyl (C=O) groups is 1. The summed E-state index contributed by atoms with van der Waals surface area (Å²) in [6.45, 7) is 4.04. The molecule has 1 aliphatic rings. The number of hydrogen-bond donors (Lipinski definition) is 3. The van der Waals surface area contributed by atoms with E-state index in [1.807, 2.05) is 6.92 Å². The number of hydrogen-bond acceptors (Lipinski definition) is 4. The Labute approximate surface area is 119 Å². The first-order valence-electron chi connectivity index (χ1n) is 6.96. The predicted molar refractivity (Wildman–Crippen MR) is 77.5 cm³/mol. The van der Waals surface area contributed by atoms with Crippen LogP contribution in [0.3, 0.4) is 0 Å². The maximum absolute atomic E-state index is 12.2. The van der Waals surface area contributed by atoms with Crippen LogP contribution in [0, 0.1) is 5.92 Å². The average molecular weight is 278 g/mol. The normalized spacial score (nSPS) is 17.4. The summed E-state index contributed by atoms with van der Waals surface area (Å²) in [7, 11) is 0. The standard InChI is InChI=1S/C15H22N2O3/c1-3-20-13-7-6-12(8-10(13)9-18)17-14(19)15(2,16)11-4-5-11/h6-8,11,18H,3-5,9,16H2,1-2H3,(H,17,19). The van der Waals surface area contributed by atoms with E-state index in [-0.39, 0.29) is 18.4 Å². The van der Waals surface area contributed by atoms with Gasteiger partial charge in [-0.2, -0.15) is 0 Å². The highest BCUT2D eigenvalue weighted by Crippen LogP contribution is 2.38. The lowest BCUT2D eigenvalue weighted by Crippen LogP contribution is -2.50. The number of rotatable bonds is 6. The van der Waals surface area contributed by atoms with Crippen LogP contribution in [0.4, 0.5) is 5.69 Å². The smallest absolute Gasteiger partial charge is 0.244 e. The van der Waals surface area contributed by atoms with Crippen LogP contribution in [0.2, 0.25) is 0 Å². The maximum atomic E-state index is 12.2. The molecule has 5 nitrogen and oxygen atoms in total. The van der Waals surface area contributed by atoms with Crippen molar-refractivity contribution in [1.82, 2.24) is 0 Å². The van der Waals surface area contributed by atoms with Crippen molar-refractivity contribution in [2.45, 2.75) is 38.8 Å². The van der Waals surface area contributed by atoms with Gasteiger partial charge in [-0.3, -0.25) is 4.79 Å². The minimum Gasteiger partial charge on any atom is -0.494 e. The van der Waals surface area contributed by atoms with E-state index in [9.17, 15) is 9.90 Å². The maximum Gasteiger partial charge on any atom is 0.244 e. The fraction of sp³-hybridized carbons (Fsp3) is 0.533. The monoisotopic (exact) mass is 278 g/mol. The van der Waals surface area contributed by atoms with Crippen LogP contribution in [0.25, 0.3) is 0 Å². The van der Waals surface area contributed by atoms with Crippen molar-refractivity contribution in [3.63, 3.8) is 0 Å². The second-order valence-electron chi connectivity index (χ2n) is 5.42. The molecule has 4 N–H and O–H groups in total. The number of nitrogens with one attached hydrogen (secondary N) is 1. The number of nitrogens with two attached hydrogens (primary N) is 1. The Kier molecular flexibility index (Phi) is 4.30. The van der Waals surface area contributed by atoms with Gasteiger partial charge < -0.3 is 20.9 Å². The lowest BCUT2D eigenvalue weighted by atomic mass is 9.96. The van der Waals surface area contributed by atoms with E-state index < -0.39 is 5.54 Å². The third-order valence-electron chi connectivity index (χ3n) is 3.70. The number of aliphatic hydroxyl groups is 1. The molecule has 0 spiro atoms. The largest absolute Gasteiger partial charge is 0.494 e. The van der Waals surface area contributed by atoms with Crippen LogP contribution in [0.5, 0.6) is 5.75 Å². The average Bonchev–Trinajstić information content (AvgIpc) is 3.25. The Bertz CT molecular complexity index is 496. The summed E-state index contributed by atoms with van der Waals surface area (Å²) in [6.07, 6.45) is 2.01. The van der Waals surface area contributed by atoms with Crippen LogP contribution in [-0.4, -0.2) is 23.2 Å². The highest BCUT2D eigenvalue weighted by atomic mass is 16.5. The molecule has 5 heteroatoms. The van der Waals surface area contributed by atoms with Crippen LogP contribution in [0.15, 0.2) is 18.2 Å². The molecule has 0 radical (unpaired) electrons. The van der Waals surface area contributed by atoms with Gasteiger partial charge in [0.1, 0.15) is 5.75 Å². The summed E-state index contributed by atoms with van der Waals surface area (Å²) in [4.78, 5) is 12.2. The van der Waals surface area contributed by atoms with Crippen LogP contribution >= 0.6 is 0 Å². The van der Waals surface area contributed by atoms with E-state index in [0.29, 0.717) is 23.6 Å². The molecule has 110 valence electrons. The summed E-state index contributed by atoms with van der Waals surface area (Å²) < 4.78 is 5.41. The van der Waals surface area contributed by atoms with Gasteiger partial charge in [-0.1, -0.05) is 0 Å². The first kappa shape index (κ1) is 14.8. The van der Waals surface area contributed by atoms with Crippen LogP contribution in [0.1, 0.15) is 32.3 Å². The SMILES string of the molecule is CCOc1ccc(NC(=O)C(C)(N)C2CC2)cc1CO. The predicted octanol–water partition coefficient (Wildman–Crippen LogP) is 1.64. The molecule has 0 bridgehead atoms. The first-order chi connectivity index (χ1) is 9.48. The summed E-state index contributed by atoms with van der Waals surface area (Å²) in [5, 5.41) is 12.2. The first-order valence-corrected chi connectivity index (χ1v) is 6.96. The molecular formula is C15H22N2O3. The molecule has 1 aliphatic carbocycles. The Balaban J connectivity index is 2.11. The van der Waals surface area contributed by atoms with Crippen molar-refractivity contribution in [3.05, 3.63) is 23.8 Å². The van der Waals surface area contributed by atoms with Gasteiger partial charge in [0, 0.05) is 11.3 Å². The Hall–Kier alpha value is -1.59. The highest BCUT2D eigenvalue weighted by molar-refractivity contribution is 5.98. The fourth-order valence-electron chi connectivity index (χ4n) is 2.21. The minimum atomic E-state index is -0.835. The molecule has 0 aliphatic heterocycles. The van der Waals surface area contributed by atoms with Crippen molar-refractivity contribution < 1.29 is 14.6 Å². The quantitative estimate of drug-likeness (QED) is 0.738. The molecule has 1 amide bonds. The van der Waals surface area contributed by atoms with Gasteiger partial charge in [0.2, 0.25) is 5.91 Å². The molecule has 1 fully saturated rings. The molecule has 1 atom stereocenters. The Morgan fingerprint density at radius 1 is 1.55 bits per heavy atom. The molecule has 0 heterocycles. The Morgan fingerprint density at radius 2 is 2.25 bits per heavy atom. The Morgan fingerprint density at radius 3 is 2.80 bits per heavy atom. The van der Waals surface area contributed by atoms with Gasteiger partial charge >= 0.3 is 0 Å². The molecule has 1 aromatic carbocycles. The van der Waals surface area contributed by atoms with E-state index in [1.165, 1.54) is 0 Å². The lowest BCUT2D eigenvalue weighted by molar-refractivity contribution is -0.121. The number of ether oxygens (including phenoxy) is 1. The van der Waals surface area contributed by atoms with E-state index >= 15 is 0 Å². The molecule has 1 saturated carbocycles. The van der Waals surface area contributed by atoms with Crippen molar-refractivity contribution in [2.24, 2.45) is 11.7 Å². The van der Waals surface area contributed by atoms with Gasteiger partial charge in [0.15, 0.2) is 0 Å². The van der Waals surface area contributed by atoms with Gasteiger partial charge in [-0.05, 0) is 50.8 Å². The minimum absolute atomic E-state index is 0.137.